The van der Waals surface area contributed by atoms with Gasteiger partial charge in [0.15, 0.2) is 17.3 Å². The van der Waals surface area contributed by atoms with Crippen molar-refractivity contribution in [3.8, 4) is 11.5 Å². The molecule has 0 bridgehead atoms. The highest BCUT2D eigenvalue weighted by Crippen LogP contribution is 2.35. The maximum atomic E-state index is 12.9. The first-order valence-corrected chi connectivity index (χ1v) is 6.98. The van der Waals surface area contributed by atoms with Crippen LogP contribution in [-0.2, 0) is 6.18 Å². The van der Waals surface area contributed by atoms with Gasteiger partial charge in [-0.3, -0.25) is 4.79 Å². The molecule has 0 radical (unpaired) electrons. The number of ketones is 1. The van der Waals surface area contributed by atoms with Gasteiger partial charge in [0, 0.05) is 17.8 Å². The molecule has 1 N–H and O–H groups in total. The summed E-state index contributed by atoms with van der Waals surface area (Å²) in [5, 5.41) is 2.50. The van der Waals surface area contributed by atoms with Crippen molar-refractivity contribution >= 4 is 11.5 Å². The van der Waals surface area contributed by atoms with Gasteiger partial charge in [0.2, 0.25) is 6.79 Å². The molecule has 0 aliphatic carbocycles. The van der Waals surface area contributed by atoms with E-state index in [2.05, 4.69) is 5.32 Å². The standard InChI is InChI=1S/C17H12F3NO3/c18-17(19,20)12-3-1-2-4-13(12)21-8-7-14(22)11-5-6-15-16(9-11)24-10-23-15/h1-9,21H,10H2. The molecular formula is C17H12F3NO3. The fourth-order valence-corrected chi connectivity index (χ4v) is 2.21. The summed E-state index contributed by atoms with van der Waals surface area (Å²) in [6, 6.07) is 9.73. The number of ether oxygens (including phenoxy) is 2. The van der Waals surface area contributed by atoms with Crippen LogP contribution in [-0.4, -0.2) is 12.6 Å². The topological polar surface area (TPSA) is 47.6 Å². The lowest BCUT2D eigenvalue weighted by atomic mass is 10.1. The lowest BCUT2D eigenvalue weighted by Crippen LogP contribution is -2.08. The second-order valence-electron chi connectivity index (χ2n) is 4.95. The summed E-state index contributed by atoms with van der Waals surface area (Å²) in [4.78, 5) is 12.1. The number of allylic oxidation sites excluding steroid dienone is 1. The molecule has 4 nitrogen and oxygen atoms in total. The number of halogens is 3. The highest BCUT2D eigenvalue weighted by Gasteiger charge is 2.32. The molecule has 0 spiro atoms. The van der Waals surface area contributed by atoms with E-state index in [1.165, 1.54) is 30.5 Å². The maximum absolute atomic E-state index is 12.9. The van der Waals surface area contributed by atoms with Crippen LogP contribution in [0.15, 0.2) is 54.7 Å². The third-order valence-corrected chi connectivity index (χ3v) is 3.36. The van der Waals surface area contributed by atoms with Crippen molar-refractivity contribution in [1.29, 1.82) is 0 Å². The van der Waals surface area contributed by atoms with Crippen molar-refractivity contribution in [2.45, 2.75) is 6.18 Å². The zero-order valence-electron chi connectivity index (χ0n) is 12.3. The molecule has 3 rings (SSSR count). The smallest absolute Gasteiger partial charge is 0.418 e. The Morgan fingerprint density at radius 2 is 1.83 bits per heavy atom. The van der Waals surface area contributed by atoms with Crippen LogP contribution in [0.25, 0.3) is 0 Å². The molecule has 2 aromatic carbocycles. The molecule has 0 saturated carbocycles. The first kappa shape index (κ1) is 15.9. The molecule has 0 aromatic heterocycles. The van der Waals surface area contributed by atoms with Crippen LogP contribution in [0.4, 0.5) is 18.9 Å². The predicted octanol–water partition coefficient (Wildman–Crippen LogP) is 4.24. The number of rotatable bonds is 4. The van der Waals surface area contributed by atoms with Gasteiger partial charge in [0.25, 0.3) is 0 Å². The van der Waals surface area contributed by atoms with Crippen molar-refractivity contribution in [3.05, 3.63) is 65.9 Å². The Balaban J connectivity index is 1.72. The number of fused-ring (bicyclic) bond motifs is 1. The number of nitrogens with one attached hydrogen (secondary N) is 1. The molecule has 7 heteroatoms. The molecular weight excluding hydrogens is 323 g/mol. The minimum absolute atomic E-state index is 0.0958. The summed E-state index contributed by atoms with van der Waals surface area (Å²) in [7, 11) is 0. The Kier molecular flexibility index (Phi) is 4.16. The Morgan fingerprint density at radius 3 is 2.62 bits per heavy atom. The van der Waals surface area contributed by atoms with Crippen molar-refractivity contribution in [3.63, 3.8) is 0 Å². The number of alkyl halides is 3. The Hall–Kier alpha value is -2.96. The van der Waals surface area contributed by atoms with E-state index in [4.69, 9.17) is 9.47 Å². The summed E-state index contributed by atoms with van der Waals surface area (Å²) in [5.74, 6) is 0.641. The largest absolute Gasteiger partial charge is 0.454 e. The average Bonchev–Trinajstić information content (AvgIpc) is 3.01. The van der Waals surface area contributed by atoms with Crippen LogP contribution in [0.5, 0.6) is 11.5 Å². The maximum Gasteiger partial charge on any atom is 0.418 e. The van der Waals surface area contributed by atoms with Gasteiger partial charge < -0.3 is 14.8 Å². The number of carbonyl (C=O) groups is 1. The Morgan fingerprint density at radius 1 is 1.08 bits per heavy atom. The third kappa shape index (κ3) is 3.34. The van der Waals surface area contributed by atoms with Gasteiger partial charge >= 0.3 is 6.18 Å². The number of benzene rings is 2. The molecule has 124 valence electrons. The van der Waals surface area contributed by atoms with Crippen LogP contribution in [0.3, 0.4) is 0 Å². The van der Waals surface area contributed by atoms with Crippen LogP contribution in [0.1, 0.15) is 15.9 Å². The van der Waals surface area contributed by atoms with Crippen LogP contribution in [0, 0.1) is 0 Å². The van der Waals surface area contributed by atoms with Crippen LogP contribution >= 0.6 is 0 Å². The molecule has 1 aliphatic rings. The first-order valence-electron chi connectivity index (χ1n) is 6.98. The molecule has 0 amide bonds. The third-order valence-electron chi connectivity index (χ3n) is 3.36. The summed E-state index contributed by atoms with van der Waals surface area (Å²) >= 11 is 0. The normalized spacial score (nSPS) is 13.3. The predicted molar refractivity (Wildman–Crippen MR) is 81.1 cm³/mol. The highest BCUT2D eigenvalue weighted by atomic mass is 19.4. The van der Waals surface area contributed by atoms with E-state index in [1.54, 1.807) is 12.1 Å². The van der Waals surface area contributed by atoms with E-state index in [-0.39, 0.29) is 18.3 Å². The van der Waals surface area contributed by atoms with E-state index in [0.29, 0.717) is 17.1 Å². The van der Waals surface area contributed by atoms with Crippen molar-refractivity contribution in [2.24, 2.45) is 0 Å². The quantitative estimate of drug-likeness (QED) is 0.670. The minimum Gasteiger partial charge on any atom is -0.454 e. The van der Waals surface area contributed by atoms with Crippen LogP contribution < -0.4 is 14.8 Å². The molecule has 0 saturated heterocycles. The van der Waals surface area contributed by atoms with E-state index in [9.17, 15) is 18.0 Å². The van der Waals surface area contributed by atoms with Gasteiger partial charge in [0.1, 0.15) is 0 Å². The van der Waals surface area contributed by atoms with Gasteiger partial charge in [-0.15, -0.1) is 0 Å². The number of anilines is 1. The highest BCUT2D eigenvalue weighted by molar-refractivity contribution is 6.05. The van der Waals surface area contributed by atoms with Crippen molar-refractivity contribution in [1.82, 2.24) is 0 Å². The van der Waals surface area contributed by atoms with Crippen LogP contribution in [0.2, 0.25) is 0 Å². The lowest BCUT2D eigenvalue weighted by Gasteiger charge is -2.11. The summed E-state index contributed by atoms with van der Waals surface area (Å²) < 4.78 is 48.9. The summed E-state index contributed by atoms with van der Waals surface area (Å²) in [6.45, 7) is 0.0958. The van der Waals surface area contributed by atoms with E-state index in [0.717, 1.165) is 12.1 Å². The fraction of sp³-hybridized carbons (Fsp3) is 0.118. The molecule has 1 heterocycles. The van der Waals surface area contributed by atoms with Crippen molar-refractivity contribution < 1.29 is 27.4 Å². The zero-order valence-corrected chi connectivity index (χ0v) is 12.3. The Bertz CT molecular complexity index is 800. The van der Waals surface area contributed by atoms with Crippen molar-refractivity contribution in [2.75, 3.05) is 12.1 Å². The molecule has 0 atom stereocenters. The van der Waals surface area contributed by atoms with Gasteiger partial charge in [-0.1, -0.05) is 12.1 Å². The molecule has 2 aromatic rings. The number of hydrogen-bond donors (Lipinski definition) is 1. The van der Waals surface area contributed by atoms with Gasteiger partial charge in [-0.05, 0) is 30.3 Å². The Labute approximate surface area is 135 Å². The number of hydrogen-bond acceptors (Lipinski definition) is 4. The molecule has 0 fully saturated rings. The second kappa shape index (κ2) is 6.27. The number of carbonyl (C=O) groups excluding carboxylic acids is 1. The SMILES string of the molecule is O=C(C=CNc1ccccc1C(F)(F)F)c1ccc2c(c1)OCO2. The number of para-hydroxylation sites is 1. The molecule has 24 heavy (non-hydrogen) atoms. The van der Waals surface area contributed by atoms with Gasteiger partial charge in [-0.2, -0.15) is 13.2 Å². The average molecular weight is 335 g/mol. The van der Waals surface area contributed by atoms with E-state index < -0.39 is 11.7 Å². The minimum atomic E-state index is -4.47. The van der Waals surface area contributed by atoms with Gasteiger partial charge in [0.05, 0.1) is 11.3 Å². The zero-order chi connectivity index (χ0) is 17.2. The van der Waals surface area contributed by atoms with E-state index in [1.807, 2.05) is 0 Å². The molecule has 0 unspecified atom stereocenters. The second-order valence-corrected chi connectivity index (χ2v) is 4.95. The fourth-order valence-electron chi connectivity index (χ4n) is 2.21. The van der Waals surface area contributed by atoms with E-state index >= 15 is 0 Å². The lowest BCUT2D eigenvalue weighted by molar-refractivity contribution is -0.136. The molecule has 1 aliphatic heterocycles. The monoisotopic (exact) mass is 335 g/mol. The summed E-state index contributed by atoms with van der Waals surface area (Å²) in [6.07, 6.45) is -2.14. The van der Waals surface area contributed by atoms with Gasteiger partial charge in [-0.25, -0.2) is 0 Å². The summed E-state index contributed by atoms with van der Waals surface area (Å²) in [5.41, 5.74) is -0.577. The first-order chi connectivity index (χ1) is 11.4.